The van der Waals surface area contributed by atoms with E-state index in [1.54, 1.807) is 12.4 Å². The quantitative estimate of drug-likeness (QED) is 0.408. The van der Waals surface area contributed by atoms with Gasteiger partial charge in [0.1, 0.15) is 17.1 Å². The summed E-state index contributed by atoms with van der Waals surface area (Å²) in [6.07, 6.45) is 5.28. The Balaban J connectivity index is 1.97. The van der Waals surface area contributed by atoms with Crippen molar-refractivity contribution in [2.45, 2.75) is 33.6 Å². The maximum Gasteiger partial charge on any atom is 0.158 e. The summed E-state index contributed by atoms with van der Waals surface area (Å²) in [4.78, 5) is 13.2. The summed E-state index contributed by atoms with van der Waals surface area (Å²) in [5, 5.41) is 0.959. The Morgan fingerprint density at radius 3 is 2.65 bits per heavy atom. The largest absolute Gasteiger partial charge is 0.493 e. The van der Waals surface area contributed by atoms with Gasteiger partial charge in [0.25, 0.3) is 0 Å². The van der Waals surface area contributed by atoms with Crippen LogP contribution in [0.4, 0.5) is 5.82 Å². The maximum atomic E-state index is 6.69. The summed E-state index contributed by atoms with van der Waals surface area (Å²) < 4.78 is 8.05. The minimum atomic E-state index is -0.182. The summed E-state index contributed by atoms with van der Waals surface area (Å²) in [6.45, 7) is 8.46. The molecule has 0 fully saturated rings. The van der Waals surface area contributed by atoms with Gasteiger partial charge < -0.3 is 10.5 Å². The second kappa shape index (κ2) is 8.36. The van der Waals surface area contributed by atoms with E-state index in [9.17, 15) is 0 Å². The number of nitrogens with two attached hydrogens (primary N) is 1. The summed E-state index contributed by atoms with van der Waals surface area (Å²) in [5.74, 6) is 1.64. The highest BCUT2D eigenvalue weighted by Crippen LogP contribution is 2.44. The Hall–Kier alpha value is -2.83. The Bertz CT molecular complexity index is 1270. The van der Waals surface area contributed by atoms with Gasteiger partial charge in [0.2, 0.25) is 0 Å². The average molecular weight is 456 g/mol. The molecule has 4 rings (SSSR count). The molecule has 0 unspecified atom stereocenters. The summed E-state index contributed by atoms with van der Waals surface area (Å²) in [6, 6.07) is 5.95. The van der Waals surface area contributed by atoms with Crippen molar-refractivity contribution in [3.63, 3.8) is 0 Å². The molecule has 0 saturated heterocycles. The first-order valence-electron chi connectivity index (χ1n) is 10.00. The van der Waals surface area contributed by atoms with E-state index in [4.69, 9.17) is 33.7 Å². The molecule has 0 amide bonds. The predicted molar refractivity (Wildman–Crippen MR) is 125 cm³/mol. The van der Waals surface area contributed by atoms with E-state index in [0.717, 1.165) is 39.5 Å². The third-order valence-corrected chi connectivity index (χ3v) is 6.07. The molecule has 3 heterocycles. The van der Waals surface area contributed by atoms with E-state index in [1.165, 1.54) is 0 Å². The molecule has 0 aliphatic carbocycles. The van der Waals surface area contributed by atoms with Crippen LogP contribution in [0.25, 0.3) is 16.6 Å². The number of anilines is 1. The lowest BCUT2D eigenvalue weighted by atomic mass is 9.91. The molecule has 8 heteroatoms. The van der Waals surface area contributed by atoms with Crippen LogP contribution < -0.4 is 10.5 Å². The standard InChI is InChI=1S/C23H23Cl2N5O/c1-5-31-20-16(10-17(24)14(4)18(20)15-7-6-12(2)28-11-15)13(3)23-29-21(25)19-22(26)27-8-9-30(19)23/h6-11,13H,5H2,1-4H3,(H2,26,27)/t13-/m1/s1. The number of imidazole rings is 1. The fourth-order valence-corrected chi connectivity index (χ4v) is 4.30. The minimum Gasteiger partial charge on any atom is -0.493 e. The van der Waals surface area contributed by atoms with Crippen molar-refractivity contribution in [1.29, 1.82) is 0 Å². The molecular weight excluding hydrogens is 433 g/mol. The molecule has 1 aromatic carbocycles. The third kappa shape index (κ3) is 3.70. The first-order chi connectivity index (χ1) is 14.8. The normalized spacial score (nSPS) is 12.3. The number of hydrogen-bond donors (Lipinski definition) is 1. The molecule has 0 aliphatic rings. The van der Waals surface area contributed by atoms with Crippen LogP contribution in [0.2, 0.25) is 10.2 Å². The highest BCUT2D eigenvalue weighted by Gasteiger charge is 2.26. The number of ether oxygens (including phenoxy) is 1. The number of benzene rings is 1. The number of aromatic nitrogens is 4. The molecular formula is C23H23Cl2N5O. The van der Waals surface area contributed by atoms with Gasteiger partial charge in [-0.15, -0.1) is 0 Å². The summed E-state index contributed by atoms with van der Waals surface area (Å²) in [7, 11) is 0. The number of nitrogen functional groups attached to an aromatic ring is 1. The van der Waals surface area contributed by atoms with Crippen LogP contribution in [-0.4, -0.2) is 26.0 Å². The first kappa shape index (κ1) is 21.4. The molecule has 160 valence electrons. The van der Waals surface area contributed by atoms with Crippen molar-refractivity contribution >= 4 is 34.5 Å². The Morgan fingerprint density at radius 2 is 1.97 bits per heavy atom. The van der Waals surface area contributed by atoms with Gasteiger partial charge in [0, 0.05) is 51.9 Å². The van der Waals surface area contributed by atoms with Crippen molar-refractivity contribution in [3.05, 3.63) is 69.6 Å². The van der Waals surface area contributed by atoms with E-state index < -0.39 is 0 Å². The van der Waals surface area contributed by atoms with Crippen LogP contribution in [-0.2, 0) is 0 Å². The second-order valence-corrected chi connectivity index (χ2v) is 8.18. The lowest BCUT2D eigenvalue weighted by Crippen LogP contribution is -2.08. The van der Waals surface area contributed by atoms with Gasteiger partial charge in [0.15, 0.2) is 11.0 Å². The molecule has 1 atom stereocenters. The highest BCUT2D eigenvalue weighted by atomic mass is 35.5. The highest BCUT2D eigenvalue weighted by molar-refractivity contribution is 6.33. The van der Waals surface area contributed by atoms with Gasteiger partial charge in [-0.1, -0.05) is 36.2 Å². The van der Waals surface area contributed by atoms with Crippen molar-refractivity contribution < 1.29 is 4.74 Å². The van der Waals surface area contributed by atoms with Crippen LogP contribution in [0.15, 0.2) is 36.8 Å². The molecule has 0 aliphatic heterocycles. The maximum absolute atomic E-state index is 6.69. The van der Waals surface area contributed by atoms with Gasteiger partial charge in [0.05, 0.1) is 6.61 Å². The number of nitrogens with zero attached hydrogens (tertiary/aromatic N) is 4. The third-order valence-electron chi connectivity index (χ3n) is 5.42. The number of aryl methyl sites for hydroxylation is 1. The van der Waals surface area contributed by atoms with Crippen molar-refractivity contribution in [3.8, 4) is 16.9 Å². The molecule has 0 bridgehead atoms. The van der Waals surface area contributed by atoms with Crippen molar-refractivity contribution in [2.75, 3.05) is 12.3 Å². The minimum absolute atomic E-state index is 0.182. The van der Waals surface area contributed by atoms with Crippen molar-refractivity contribution in [2.24, 2.45) is 0 Å². The van der Waals surface area contributed by atoms with Gasteiger partial charge >= 0.3 is 0 Å². The van der Waals surface area contributed by atoms with Gasteiger partial charge in [-0.2, -0.15) is 0 Å². The van der Waals surface area contributed by atoms with Crippen LogP contribution in [0.3, 0.4) is 0 Å². The predicted octanol–water partition coefficient (Wildman–Crippen LogP) is 5.85. The number of pyridine rings is 1. The lowest BCUT2D eigenvalue weighted by Gasteiger charge is -2.22. The second-order valence-electron chi connectivity index (χ2n) is 7.41. The number of rotatable bonds is 5. The van der Waals surface area contributed by atoms with E-state index >= 15 is 0 Å². The molecule has 0 radical (unpaired) electrons. The van der Waals surface area contributed by atoms with Crippen LogP contribution in [0, 0.1) is 13.8 Å². The lowest BCUT2D eigenvalue weighted by molar-refractivity contribution is 0.336. The monoisotopic (exact) mass is 455 g/mol. The summed E-state index contributed by atoms with van der Waals surface area (Å²) >= 11 is 13.1. The first-order valence-corrected chi connectivity index (χ1v) is 10.8. The Labute approximate surface area is 191 Å². The molecule has 2 N–H and O–H groups in total. The fourth-order valence-electron chi connectivity index (χ4n) is 3.82. The molecule has 6 nitrogen and oxygen atoms in total. The fraction of sp³-hybridized carbons (Fsp3) is 0.261. The smallest absolute Gasteiger partial charge is 0.158 e. The van der Waals surface area contributed by atoms with E-state index in [0.29, 0.717) is 28.1 Å². The zero-order chi connectivity index (χ0) is 22.3. The topological polar surface area (TPSA) is 78.3 Å². The zero-order valence-corrected chi connectivity index (χ0v) is 19.3. The van der Waals surface area contributed by atoms with Crippen molar-refractivity contribution in [1.82, 2.24) is 19.4 Å². The Morgan fingerprint density at radius 1 is 1.19 bits per heavy atom. The van der Waals surface area contributed by atoms with Gasteiger partial charge in [-0.05, 0) is 38.5 Å². The van der Waals surface area contributed by atoms with Crippen LogP contribution >= 0.6 is 23.2 Å². The Kier molecular flexibility index (Phi) is 5.77. The number of fused-ring (bicyclic) bond motifs is 1. The number of hydrogen-bond acceptors (Lipinski definition) is 5. The van der Waals surface area contributed by atoms with Gasteiger partial charge in [-0.3, -0.25) is 9.38 Å². The van der Waals surface area contributed by atoms with Crippen LogP contribution in [0.5, 0.6) is 5.75 Å². The molecule has 31 heavy (non-hydrogen) atoms. The van der Waals surface area contributed by atoms with E-state index in [-0.39, 0.29) is 5.92 Å². The SMILES string of the molecule is CCOc1c([C@@H](C)c2nc(Cl)c3c(N)nccn23)cc(Cl)c(C)c1-c1ccc(C)nc1. The van der Waals surface area contributed by atoms with Gasteiger partial charge in [-0.25, -0.2) is 9.97 Å². The average Bonchev–Trinajstić information content (AvgIpc) is 3.09. The molecule has 3 aromatic heterocycles. The van der Waals surface area contributed by atoms with Crippen LogP contribution in [0.1, 0.15) is 42.4 Å². The zero-order valence-electron chi connectivity index (χ0n) is 17.8. The van der Waals surface area contributed by atoms with E-state index in [2.05, 4.69) is 15.0 Å². The molecule has 4 aromatic rings. The molecule has 0 spiro atoms. The summed E-state index contributed by atoms with van der Waals surface area (Å²) in [5.41, 5.74) is 11.3. The molecule has 0 saturated carbocycles. The van der Waals surface area contributed by atoms with E-state index in [1.807, 2.05) is 56.5 Å². The number of halogens is 2.